The summed E-state index contributed by atoms with van der Waals surface area (Å²) in [7, 11) is 0. The lowest BCUT2D eigenvalue weighted by Gasteiger charge is -2.14. The lowest BCUT2D eigenvalue weighted by molar-refractivity contribution is -0.131. The normalized spacial score (nSPS) is 12.0. The molecule has 0 aromatic heterocycles. The van der Waals surface area contributed by atoms with Gasteiger partial charge in [0.1, 0.15) is 28.8 Å². The number of hydrogen-bond acceptors (Lipinski definition) is 6. The van der Waals surface area contributed by atoms with Crippen LogP contribution in [0.4, 0.5) is 0 Å². The molecule has 0 unspecified atom stereocenters. The Kier molecular flexibility index (Phi) is 6.50. The first-order valence-corrected chi connectivity index (χ1v) is 8.52. The van der Waals surface area contributed by atoms with E-state index in [-0.39, 0.29) is 39.3 Å². The average molecular weight is 382 g/mol. The highest BCUT2D eigenvalue weighted by Gasteiger charge is 2.21. The maximum atomic E-state index is 12.1. The topological polar surface area (TPSA) is 107 Å². The van der Waals surface area contributed by atoms with Crippen molar-refractivity contribution in [2.24, 2.45) is 0 Å². The predicted molar refractivity (Wildman–Crippen MR) is 108 cm³/mol. The van der Waals surface area contributed by atoms with E-state index in [4.69, 9.17) is 4.74 Å². The summed E-state index contributed by atoms with van der Waals surface area (Å²) >= 11 is 0. The summed E-state index contributed by atoms with van der Waals surface area (Å²) in [6.07, 6.45) is 9.24. The Morgan fingerprint density at radius 2 is 1.57 bits per heavy atom. The standard InChI is InChI=1S/C22H22O6/c1-4-5-6-7-19(26)28-18(11-8-13(2)3)14-12-17(25)20-15(23)9-10-16(24)21(20)22(14)27/h4-12,23-25,27H,1-3H3/b5-4+,7-6+,18-11-. The van der Waals surface area contributed by atoms with Gasteiger partial charge in [0.2, 0.25) is 0 Å². The summed E-state index contributed by atoms with van der Waals surface area (Å²) in [5.41, 5.74) is 0.888. The summed E-state index contributed by atoms with van der Waals surface area (Å²) in [6, 6.07) is 3.54. The Morgan fingerprint density at radius 1 is 0.929 bits per heavy atom. The van der Waals surface area contributed by atoms with Gasteiger partial charge in [0.15, 0.2) is 0 Å². The summed E-state index contributed by atoms with van der Waals surface area (Å²) < 4.78 is 5.33. The molecule has 2 rings (SSSR count). The summed E-state index contributed by atoms with van der Waals surface area (Å²) in [4.78, 5) is 12.1. The van der Waals surface area contributed by atoms with Gasteiger partial charge in [-0.15, -0.1) is 0 Å². The van der Waals surface area contributed by atoms with Gasteiger partial charge < -0.3 is 25.2 Å². The fourth-order valence-electron chi connectivity index (χ4n) is 2.49. The third kappa shape index (κ3) is 4.54. The van der Waals surface area contributed by atoms with E-state index < -0.39 is 11.7 Å². The number of aromatic hydroxyl groups is 4. The van der Waals surface area contributed by atoms with Crippen LogP contribution in [0.5, 0.6) is 23.0 Å². The van der Waals surface area contributed by atoms with Gasteiger partial charge in [-0.3, -0.25) is 0 Å². The number of phenolic OH excluding ortho intramolecular Hbond substituents is 4. The van der Waals surface area contributed by atoms with E-state index in [9.17, 15) is 25.2 Å². The van der Waals surface area contributed by atoms with Crippen LogP contribution < -0.4 is 0 Å². The van der Waals surface area contributed by atoms with Gasteiger partial charge in [-0.05, 0) is 45.0 Å². The zero-order valence-electron chi connectivity index (χ0n) is 15.8. The first kappa shape index (κ1) is 20.6. The molecule has 28 heavy (non-hydrogen) atoms. The zero-order chi connectivity index (χ0) is 20.8. The highest BCUT2D eigenvalue weighted by Crippen LogP contribution is 2.46. The number of fused-ring (bicyclic) bond motifs is 1. The van der Waals surface area contributed by atoms with Crippen molar-refractivity contribution in [2.45, 2.75) is 20.8 Å². The molecule has 0 aliphatic rings. The minimum atomic E-state index is -0.689. The molecule has 4 N–H and O–H groups in total. The molecule has 0 aliphatic carbocycles. The molecule has 2 aromatic carbocycles. The smallest absolute Gasteiger partial charge is 0.336 e. The largest absolute Gasteiger partial charge is 0.507 e. The van der Waals surface area contributed by atoms with Gasteiger partial charge in [-0.1, -0.05) is 29.9 Å². The molecule has 0 saturated heterocycles. The minimum absolute atomic E-state index is 0.0174. The molecule has 0 bridgehead atoms. The second-order valence-corrected chi connectivity index (χ2v) is 6.23. The zero-order valence-corrected chi connectivity index (χ0v) is 15.8. The summed E-state index contributed by atoms with van der Waals surface area (Å²) in [6.45, 7) is 5.47. The van der Waals surface area contributed by atoms with Crippen LogP contribution in [0.15, 0.2) is 60.2 Å². The van der Waals surface area contributed by atoms with Crippen LogP contribution >= 0.6 is 0 Å². The van der Waals surface area contributed by atoms with Crippen LogP contribution in [0.3, 0.4) is 0 Å². The van der Waals surface area contributed by atoms with Gasteiger partial charge >= 0.3 is 5.97 Å². The SMILES string of the molecule is C/C=C/C=C/C(=O)O/C(=C\C=C(C)C)c1cc(O)c2c(O)ccc(O)c2c1O. The van der Waals surface area contributed by atoms with Gasteiger partial charge in [0, 0.05) is 6.08 Å². The predicted octanol–water partition coefficient (Wildman–Crippen LogP) is 4.64. The maximum absolute atomic E-state index is 12.1. The summed E-state index contributed by atoms with van der Waals surface area (Å²) in [5.74, 6) is -2.21. The molecule has 0 amide bonds. The molecule has 0 radical (unpaired) electrons. The van der Waals surface area contributed by atoms with Crippen molar-refractivity contribution in [3.8, 4) is 23.0 Å². The van der Waals surface area contributed by atoms with Crippen molar-refractivity contribution in [1.29, 1.82) is 0 Å². The molecule has 0 heterocycles. The molecule has 0 atom stereocenters. The summed E-state index contributed by atoms with van der Waals surface area (Å²) in [5, 5.41) is 40.8. The number of phenols is 4. The minimum Gasteiger partial charge on any atom is -0.507 e. The molecule has 0 saturated carbocycles. The van der Waals surface area contributed by atoms with E-state index in [2.05, 4.69) is 0 Å². The number of ether oxygens (including phenoxy) is 1. The van der Waals surface area contributed by atoms with Crippen molar-refractivity contribution >= 4 is 22.5 Å². The van der Waals surface area contributed by atoms with E-state index in [0.717, 1.165) is 11.6 Å². The van der Waals surface area contributed by atoms with Crippen LogP contribution in [0.1, 0.15) is 26.3 Å². The third-order valence-electron chi connectivity index (χ3n) is 3.77. The highest BCUT2D eigenvalue weighted by molar-refractivity contribution is 6.04. The molecular formula is C22H22O6. The van der Waals surface area contributed by atoms with Gasteiger partial charge in [0.25, 0.3) is 0 Å². The number of benzene rings is 2. The van der Waals surface area contributed by atoms with E-state index >= 15 is 0 Å². The Morgan fingerprint density at radius 3 is 2.18 bits per heavy atom. The molecule has 146 valence electrons. The van der Waals surface area contributed by atoms with Crippen LogP contribution in [-0.2, 0) is 9.53 Å². The third-order valence-corrected chi connectivity index (χ3v) is 3.77. The molecule has 0 spiro atoms. The van der Waals surface area contributed by atoms with E-state index in [0.29, 0.717) is 0 Å². The number of carbonyl (C=O) groups excluding carboxylic acids is 1. The quantitative estimate of drug-likeness (QED) is 0.197. The van der Waals surface area contributed by atoms with Crippen LogP contribution in [0.25, 0.3) is 16.5 Å². The molecule has 0 fully saturated rings. The second-order valence-electron chi connectivity index (χ2n) is 6.23. The van der Waals surface area contributed by atoms with Gasteiger partial charge in [-0.2, -0.15) is 0 Å². The number of hydrogen-bond donors (Lipinski definition) is 4. The first-order chi connectivity index (χ1) is 13.3. The van der Waals surface area contributed by atoms with E-state index in [1.165, 1.54) is 30.4 Å². The van der Waals surface area contributed by atoms with Crippen molar-refractivity contribution in [3.05, 3.63) is 65.8 Å². The number of carbonyl (C=O) groups is 1. The second kappa shape index (κ2) is 8.81. The lowest BCUT2D eigenvalue weighted by Crippen LogP contribution is -2.01. The van der Waals surface area contributed by atoms with Gasteiger partial charge in [0.05, 0.1) is 16.3 Å². The van der Waals surface area contributed by atoms with Crippen LogP contribution in [0.2, 0.25) is 0 Å². The molecule has 0 aliphatic heterocycles. The first-order valence-electron chi connectivity index (χ1n) is 8.52. The number of esters is 1. The monoisotopic (exact) mass is 382 g/mol. The van der Waals surface area contributed by atoms with Crippen molar-refractivity contribution < 1.29 is 30.0 Å². The highest BCUT2D eigenvalue weighted by atomic mass is 16.5. The van der Waals surface area contributed by atoms with E-state index in [1.807, 2.05) is 13.8 Å². The Labute approximate surface area is 162 Å². The fourth-order valence-corrected chi connectivity index (χ4v) is 2.49. The van der Waals surface area contributed by atoms with Crippen LogP contribution in [0, 0.1) is 0 Å². The van der Waals surface area contributed by atoms with Crippen LogP contribution in [-0.4, -0.2) is 26.4 Å². The van der Waals surface area contributed by atoms with Crippen molar-refractivity contribution in [2.75, 3.05) is 0 Å². The Balaban J connectivity index is 2.67. The number of rotatable bonds is 5. The fraction of sp³-hybridized carbons (Fsp3) is 0.136. The van der Waals surface area contributed by atoms with Crippen molar-refractivity contribution in [3.63, 3.8) is 0 Å². The Hall–Kier alpha value is -3.67. The van der Waals surface area contributed by atoms with E-state index in [1.54, 1.807) is 25.2 Å². The maximum Gasteiger partial charge on any atom is 0.336 e. The van der Waals surface area contributed by atoms with Gasteiger partial charge in [-0.25, -0.2) is 4.79 Å². The molecule has 6 nitrogen and oxygen atoms in total. The Bertz CT molecular complexity index is 1020. The molecular weight excluding hydrogens is 360 g/mol. The average Bonchev–Trinajstić information content (AvgIpc) is 2.63. The number of allylic oxidation sites excluding steroid dienone is 6. The lowest BCUT2D eigenvalue weighted by atomic mass is 10.0. The van der Waals surface area contributed by atoms with Crippen molar-refractivity contribution in [1.82, 2.24) is 0 Å². The molecule has 2 aromatic rings. The molecule has 6 heteroatoms.